The van der Waals surface area contributed by atoms with Crippen molar-refractivity contribution in [3.8, 4) is 0 Å². The molecule has 88 valence electrons. The zero-order valence-corrected chi connectivity index (χ0v) is 9.72. The highest BCUT2D eigenvalue weighted by Crippen LogP contribution is 2.09. The van der Waals surface area contributed by atoms with Gasteiger partial charge in [0.2, 0.25) is 0 Å². The molecule has 2 rings (SSSR count). The molecule has 0 radical (unpaired) electrons. The highest BCUT2D eigenvalue weighted by atomic mass is 16.5. The summed E-state index contributed by atoms with van der Waals surface area (Å²) in [5.74, 6) is 1.02. The summed E-state index contributed by atoms with van der Waals surface area (Å²) in [4.78, 5) is 6.48. The maximum atomic E-state index is 5.65. The Labute approximate surface area is 96.6 Å². The molecule has 1 saturated heterocycles. The Morgan fingerprint density at radius 1 is 1.56 bits per heavy atom. The molecule has 1 N–H and O–H groups in total. The van der Waals surface area contributed by atoms with Gasteiger partial charge in [-0.2, -0.15) is 0 Å². The number of rotatable bonds is 4. The van der Waals surface area contributed by atoms with Crippen molar-refractivity contribution < 1.29 is 4.74 Å². The molecule has 1 atom stereocenters. The zero-order valence-electron chi connectivity index (χ0n) is 9.72. The molecule has 0 aliphatic carbocycles. The van der Waals surface area contributed by atoms with Gasteiger partial charge >= 0.3 is 0 Å². The molecule has 4 nitrogen and oxygen atoms in total. The van der Waals surface area contributed by atoms with Crippen molar-refractivity contribution in [2.75, 3.05) is 38.2 Å². The molecule has 0 bridgehead atoms. The SMILES string of the molecule is CN(CCC1CNCCO1)c1ccccn1. The van der Waals surface area contributed by atoms with E-state index in [-0.39, 0.29) is 0 Å². The standard InChI is InChI=1S/C12H19N3O/c1-15(12-4-2-3-6-14-12)8-5-11-10-13-7-9-16-11/h2-4,6,11,13H,5,7-10H2,1H3. The minimum atomic E-state index is 0.347. The highest BCUT2D eigenvalue weighted by molar-refractivity contribution is 5.36. The number of pyridine rings is 1. The molecule has 16 heavy (non-hydrogen) atoms. The molecule has 1 fully saturated rings. The van der Waals surface area contributed by atoms with Gasteiger partial charge in [0.05, 0.1) is 12.7 Å². The summed E-state index contributed by atoms with van der Waals surface area (Å²) in [5, 5.41) is 3.34. The number of hydrogen-bond acceptors (Lipinski definition) is 4. The van der Waals surface area contributed by atoms with Crippen LogP contribution >= 0.6 is 0 Å². The summed E-state index contributed by atoms with van der Waals surface area (Å²) in [7, 11) is 2.07. The minimum Gasteiger partial charge on any atom is -0.376 e. The number of aromatic nitrogens is 1. The van der Waals surface area contributed by atoms with Gasteiger partial charge in [-0.1, -0.05) is 6.07 Å². The van der Waals surface area contributed by atoms with Gasteiger partial charge in [0.1, 0.15) is 5.82 Å². The van der Waals surface area contributed by atoms with Crippen LogP contribution in [-0.4, -0.2) is 44.4 Å². The summed E-state index contributed by atoms with van der Waals surface area (Å²) in [6.07, 6.45) is 3.21. The highest BCUT2D eigenvalue weighted by Gasteiger charge is 2.13. The monoisotopic (exact) mass is 221 g/mol. The molecule has 2 heterocycles. The predicted octanol–water partition coefficient (Wildman–Crippen LogP) is 0.896. The van der Waals surface area contributed by atoms with Gasteiger partial charge in [0.25, 0.3) is 0 Å². The van der Waals surface area contributed by atoms with E-state index in [0.29, 0.717) is 6.10 Å². The third-order valence-corrected chi connectivity index (χ3v) is 2.83. The van der Waals surface area contributed by atoms with Crippen LogP contribution < -0.4 is 10.2 Å². The summed E-state index contributed by atoms with van der Waals surface area (Å²) >= 11 is 0. The quantitative estimate of drug-likeness (QED) is 0.819. The third kappa shape index (κ3) is 3.18. The van der Waals surface area contributed by atoms with Crippen molar-refractivity contribution in [1.82, 2.24) is 10.3 Å². The van der Waals surface area contributed by atoms with E-state index in [1.165, 1.54) is 0 Å². The summed E-state index contributed by atoms with van der Waals surface area (Å²) in [5.41, 5.74) is 0. The molecule has 1 aromatic rings. The first-order valence-corrected chi connectivity index (χ1v) is 5.81. The first kappa shape index (κ1) is 11.4. The molecule has 1 aromatic heterocycles. The van der Waals surface area contributed by atoms with E-state index < -0.39 is 0 Å². The Kier molecular flexibility index (Phi) is 4.13. The molecule has 0 spiro atoms. The average Bonchev–Trinajstić information content (AvgIpc) is 2.38. The fourth-order valence-electron chi connectivity index (χ4n) is 1.84. The lowest BCUT2D eigenvalue weighted by Gasteiger charge is -2.26. The second kappa shape index (κ2) is 5.82. The Bertz CT molecular complexity index is 298. The summed E-state index contributed by atoms with van der Waals surface area (Å²) < 4.78 is 5.65. The van der Waals surface area contributed by atoms with Crippen LogP contribution in [0.3, 0.4) is 0 Å². The van der Waals surface area contributed by atoms with Crippen LogP contribution in [0, 0.1) is 0 Å². The number of anilines is 1. The van der Waals surface area contributed by atoms with Gasteiger partial charge < -0.3 is 15.0 Å². The molecule has 1 aliphatic rings. The lowest BCUT2D eigenvalue weighted by molar-refractivity contribution is 0.0250. The number of nitrogens with zero attached hydrogens (tertiary/aromatic N) is 2. The smallest absolute Gasteiger partial charge is 0.128 e. The minimum absolute atomic E-state index is 0.347. The molecule has 0 saturated carbocycles. The van der Waals surface area contributed by atoms with E-state index in [9.17, 15) is 0 Å². The van der Waals surface area contributed by atoms with Gasteiger partial charge in [0.15, 0.2) is 0 Å². The molecule has 1 aliphatic heterocycles. The Hall–Kier alpha value is -1.13. The van der Waals surface area contributed by atoms with Gasteiger partial charge in [-0.25, -0.2) is 4.98 Å². The van der Waals surface area contributed by atoms with E-state index in [1.807, 2.05) is 24.4 Å². The molecule has 4 heteroatoms. The van der Waals surface area contributed by atoms with Crippen LogP contribution in [0.25, 0.3) is 0 Å². The number of nitrogens with one attached hydrogen (secondary N) is 1. The predicted molar refractivity (Wildman–Crippen MR) is 64.7 cm³/mol. The van der Waals surface area contributed by atoms with Crippen molar-refractivity contribution in [1.29, 1.82) is 0 Å². The molecular weight excluding hydrogens is 202 g/mol. The maximum absolute atomic E-state index is 5.65. The van der Waals surface area contributed by atoms with Crippen molar-refractivity contribution >= 4 is 5.82 Å². The van der Waals surface area contributed by atoms with E-state index in [4.69, 9.17) is 4.74 Å². The normalized spacial score (nSPS) is 20.7. The van der Waals surface area contributed by atoms with Gasteiger partial charge in [0, 0.05) is 32.9 Å². The van der Waals surface area contributed by atoms with E-state index >= 15 is 0 Å². The van der Waals surface area contributed by atoms with Crippen LogP contribution in [0.1, 0.15) is 6.42 Å². The first-order chi connectivity index (χ1) is 7.86. The van der Waals surface area contributed by atoms with E-state index in [2.05, 4.69) is 22.2 Å². The van der Waals surface area contributed by atoms with Crippen LogP contribution in [0.5, 0.6) is 0 Å². The van der Waals surface area contributed by atoms with E-state index in [0.717, 1.165) is 38.5 Å². The van der Waals surface area contributed by atoms with Gasteiger partial charge in [-0.15, -0.1) is 0 Å². The Balaban J connectivity index is 1.77. The van der Waals surface area contributed by atoms with Crippen molar-refractivity contribution in [3.63, 3.8) is 0 Å². The summed E-state index contributed by atoms with van der Waals surface area (Å²) in [6, 6.07) is 5.98. The lowest BCUT2D eigenvalue weighted by atomic mass is 10.2. The fourth-order valence-corrected chi connectivity index (χ4v) is 1.84. The average molecular weight is 221 g/mol. The fraction of sp³-hybridized carbons (Fsp3) is 0.583. The third-order valence-electron chi connectivity index (χ3n) is 2.83. The molecule has 0 aromatic carbocycles. The summed E-state index contributed by atoms with van der Waals surface area (Å²) in [6.45, 7) is 3.75. The largest absolute Gasteiger partial charge is 0.376 e. The van der Waals surface area contributed by atoms with Crippen LogP contribution in [0.2, 0.25) is 0 Å². The Morgan fingerprint density at radius 2 is 2.50 bits per heavy atom. The Morgan fingerprint density at radius 3 is 3.19 bits per heavy atom. The van der Waals surface area contributed by atoms with Crippen LogP contribution in [0.4, 0.5) is 5.82 Å². The number of morpholine rings is 1. The van der Waals surface area contributed by atoms with E-state index in [1.54, 1.807) is 0 Å². The van der Waals surface area contributed by atoms with Crippen molar-refractivity contribution in [2.45, 2.75) is 12.5 Å². The topological polar surface area (TPSA) is 37.4 Å². The van der Waals surface area contributed by atoms with Gasteiger partial charge in [-0.3, -0.25) is 0 Å². The second-order valence-electron chi connectivity index (χ2n) is 4.10. The lowest BCUT2D eigenvalue weighted by Crippen LogP contribution is -2.40. The molecule has 0 amide bonds. The van der Waals surface area contributed by atoms with Crippen LogP contribution in [-0.2, 0) is 4.74 Å². The van der Waals surface area contributed by atoms with Crippen LogP contribution in [0.15, 0.2) is 24.4 Å². The molecular formula is C12H19N3O. The van der Waals surface area contributed by atoms with Crippen molar-refractivity contribution in [2.24, 2.45) is 0 Å². The second-order valence-corrected chi connectivity index (χ2v) is 4.10. The van der Waals surface area contributed by atoms with Crippen molar-refractivity contribution in [3.05, 3.63) is 24.4 Å². The maximum Gasteiger partial charge on any atom is 0.128 e. The van der Waals surface area contributed by atoms with Gasteiger partial charge in [-0.05, 0) is 18.6 Å². The zero-order chi connectivity index (χ0) is 11.2. The molecule has 1 unspecified atom stereocenters. The number of hydrogen-bond donors (Lipinski definition) is 1. The first-order valence-electron chi connectivity index (χ1n) is 5.81. The number of ether oxygens (including phenoxy) is 1.